The van der Waals surface area contributed by atoms with Crippen LogP contribution in [0.2, 0.25) is 0 Å². The van der Waals surface area contributed by atoms with E-state index in [1.54, 1.807) is 0 Å². The second kappa shape index (κ2) is 8.44. The molecule has 0 spiro atoms. The fourth-order valence-electron chi connectivity index (χ4n) is 4.81. The van der Waals surface area contributed by atoms with Gasteiger partial charge in [0.1, 0.15) is 0 Å². The van der Waals surface area contributed by atoms with E-state index in [2.05, 4.69) is 70.4 Å². The summed E-state index contributed by atoms with van der Waals surface area (Å²) < 4.78 is 3.97. The maximum absolute atomic E-state index is 5.02. The molecule has 2 aromatic carbocycles. The van der Waals surface area contributed by atoms with Crippen LogP contribution in [0.1, 0.15) is 17.2 Å². The summed E-state index contributed by atoms with van der Waals surface area (Å²) in [4.78, 5) is 14.7. The number of aromatic nitrogens is 6. The largest absolute Gasteiger partial charge is 0.368 e. The number of piperazine rings is 1. The molecule has 5 aromatic rings. The minimum atomic E-state index is 0.721. The summed E-state index contributed by atoms with van der Waals surface area (Å²) in [6.45, 7) is 8.52. The van der Waals surface area contributed by atoms with Crippen LogP contribution in [-0.2, 0) is 13.0 Å². The molecule has 0 N–H and O–H groups in total. The highest BCUT2D eigenvalue weighted by Crippen LogP contribution is 2.25. The van der Waals surface area contributed by atoms with Crippen LogP contribution in [0, 0.1) is 13.8 Å². The van der Waals surface area contributed by atoms with Crippen LogP contribution in [0.25, 0.3) is 16.6 Å². The molecule has 172 valence electrons. The van der Waals surface area contributed by atoms with E-state index in [9.17, 15) is 0 Å². The topological polar surface area (TPSA) is 67.4 Å². The molecule has 1 aliphatic rings. The Morgan fingerprint density at radius 3 is 2.29 bits per heavy atom. The molecule has 1 fully saturated rings. The summed E-state index contributed by atoms with van der Waals surface area (Å²) in [7, 11) is 0. The van der Waals surface area contributed by atoms with Gasteiger partial charge in [0.2, 0.25) is 5.95 Å². The normalized spacial score (nSPS) is 14.4. The first-order valence-electron chi connectivity index (χ1n) is 11.9. The zero-order chi connectivity index (χ0) is 23.1. The average Bonchev–Trinajstić information content (AvgIpc) is 3.45. The first-order chi connectivity index (χ1) is 16.7. The number of aryl methyl sites for hydroxylation is 4. The highest BCUT2D eigenvalue weighted by Gasteiger charge is 2.23. The van der Waals surface area contributed by atoms with Gasteiger partial charge in [-0.3, -0.25) is 4.68 Å². The molecule has 1 saturated heterocycles. The van der Waals surface area contributed by atoms with Crippen LogP contribution < -0.4 is 9.80 Å². The highest BCUT2D eigenvalue weighted by atomic mass is 15.4. The van der Waals surface area contributed by atoms with Crippen molar-refractivity contribution in [2.75, 3.05) is 36.0 Å². The summed E-state index contributed by atoms with van der Waals surface area (Å²) in [5, 5.41) is 10.5. The van der Waals surface area contributed by atoms with Crippen molar-refractivity contribution in [3.63, 3.8) is 0 Å². The van der Waals surface area contributed by atoms with Gasteiger partial charge in [-0.2, -0.15) is 9.61 Å². The van der Waals surface area contributed by atoms with Crippen molar-refractivity contribution in [3.8, 4) is 0 Å². The van der Waals surface area contributed by atoms with Crippen LogP contribution >= 0.6 is 0 Å². The molecular formula is C26H28N8. The van der Waals surface area contributed by atoms with Crippen molar-refractivity contribution < 1.29 is 0 Å². The molecule has 0 aliphatic carbocycles. The van der Waals surface area contributed by atoms with Gasteiger partial charge in [0.15, 0.2) is 11.5 Å². The van der Waals surface area contributed by atoms with E-state index in [1.807, 2.05) is 28.3 Å². The van der Waals surface area contributed by atoms with Gasteiger partial charge in [0.25, 0.3) is 0 Å². The third-order valence-corrected chi connectivity index (χ3v) is 6.54. The fourth-order valence-corrected chi connectivity index (χ4v) is 4.81. The molecule has 34 heavy (non-hydrogen) atoms. The number of hydrogen-bond acceptors (Lipinski definition) is 6. The van der Waals surface area contributed by atoms with E-state index in [0.29, 0.717) is 0 Å². The molecule has 0 amide bonds. The molecule has 1 aliphatic heterocycles. The van der Waals surface area contributed by atoms with Gasteiger partial charge in [-0.1, -0.05) is 30.3 Å². The summed E-state index contributed by atoms with van der Waals surface area (Å²) >= 11 is 0. The summed E-state index contributed by atoms with van der Waals surface area (Å²) in [5.74, 6) is 1.68. The van der Waals surface area contributed by atoms with Crippen molar-refractivity contribution in [1.82, 2.24) is 29.4 Å². The minimum absolute atomic E-state index is 0.721. The lowest BCUT2D eigenvalue weighted by Gasteiger charge is -2.36. The second-order valence-corrected chi connectivity index (χ2v) is 8.90. The smallest absolute Gasteiger partial charge is 0.229 e. The van der Waals surface area contributed by atoms with Gasteiger partial charge in [-0.05, 0) is 44.2 Å². The first-order valence-corrected chi connectivity index (χ1v) is 11.9. The summed E-state index contributed by atoms with van der Waals surface area (Å²) in [5.41, 5.74) is 5.28. The lowest BCUT2D eigenvalue weighted by atomic mass is 10.2. The highest BCUT2D eigenvalue weighted by molar-refractivity contribution is 5.92. The Kier molecular flexibility index (Phi) is 5.13. The van der Waals surface area contributed by atoms with E-state index >= 15 is 0 Å². The Hall–Kier alpha value is -3.94. The molecule has 6 rings (SSSR count). The zero-order valence-corrected chi connectivity index (χ0v) is 19.6. The number of nitrogens with zero attached hydrogens (tertiary/aromatic N) is 8. The van der Waals surface area contributed by atoms with E-state index in [4.69, 9.17) is 15.1 Å². The summed E-state index contributed by atoms with van der Waals surface area (Å²) in [6, 6.07) is 20.9. The van der Waals surface area contributed by atoms with Gasteiger partial charge in [-0.15, -0.1) is 5.10 Å². The number of anilines is 2. The van der Waals surface area contributed by atoms with Gasteiger partial charge >= 0.3 is 0 Å². The number of benzene rings is 2. The molecule has 4 heterocycles. The third-order valence-electron chi connectivity index (χ3n) is 6.54. The van der Waals surface area contributed by atoms with Crippen molar-refractivity contribution in [2.24, 2.45) is 0 Å². The first kappa shape index (κ1) is 20.7. The van der Waals surface area contributed by atoms with E-state index < -0.39 is 0 Å². The Morgan fingerprint density at radius 2 is 1.53 bits per heavy atom. The molecule has 0 saturated carbocycles. The molecule has 0 radical (unpaired) electrons. The minimum Gasteiger partial charge on any atom is -0.368 e. The van der Waals surface area contributed by atoms with Crippen molar-refractivity contribution in [3.05, 3.63) is 77.9 Å². The van der Waals surface area contributed by atoms with Gasteiger partial charge in [-0.25, -0.2) is 9.97 Å². The van der Waals surface area contributed by atoms with Gasteiger partial charge < -0.3 is 9.80 Å². The van der Waals surface area contributed by atoms with Crippen LogP contribution in [-0.4, -0.2) is 55.5 Å². The Labute approximate surface area is 198 Å². The Morgan fingerprint density at radius 1 is 0.794 bits per heavy atom. The van der Waals surface area contributed by atoms with Crippen molar-refractivity contribution in [2.45, 2.75) is 26.8 Å². The molecule has 8 nitrogen and oxygen atoms in total. The standard InChI is InChI=1S/C26H28N8/c1-19-18-20(2)33(29-19)13-12-24-28-25-22-10-6-7-11-23(22)27-26(34(25)30-24)32-16-14-31(15-17-32)21-8-4-3-5-9-21/h3-11,18H,12-17H2,1-2H3. The molecule has 0 atom stereocenters. The predicted octanol–water partition coefficient (Wildman–Crippen LogP) is 3.66. The third kappa shape index (κ3) is 3.75. The fraction of sp³-hybridized carbons (Fsp3) is 0.308. The van der Waals surface area contributed by atoms with Crippen LogP contribution in [0.4, 0.5) is 11.6 Å². The maximum Gasteiger partial charge on any atom is 0.229 e. The van der Waals surface area contributed by atoms with E-state index in [1.165, 1.54) is 5.69 Å². The molecule has 0 unspecified atom stereocenters. The van der Waals surface area contributed by atoms with Crippen molar-refractivity contribution >= 4 is 28.2 Å². The number of fused-ring (bicyclic) bond motifs is 3. The van der Waals surface area contributed by atoms with Crippen molar-refractivity contribution in [1.29, 1.82) is 0 Å². The molecular weight excluding hydrogens is 424 g/mol. The summed E-state index contributed by atoms with van der Waals surface area (Å²) in [6.07, 6.45) is 0.721. The Bertz CT molecular complexity index is 1440. The van der Waals surface area contributed by atoms with E-state index in [-0.39, 0.29) is 0 Å². The van der Waals surface area contributed by atoms with Gasteiger partial charge in [0, 0.05) is 55.9 Å². The molecule has 0 bridgehead atoms. The van der Waals surface area contributed by atoms with Gasteiger partial charge in [0.05, 0.1) is 11.2 Å². The van der Waals surface area contributed by atoms with E-state index in [0.717, 1.165) is 78.9 Å². The van der Waals surface area contributed by atoms with Crippen LogP contribution in [0.5, 0.6) is 0 Å². The molecule has 8 heteroatoms. The van der Waals surface area contributed by atoms with Crippen LogP contribution in [0.3, 0.4) is 0 Å². The average molecular weight is 453 g/mol. The quantitative estimate of drug-likeness (QED) is 0.405. The monoisotopic (exact) mass is 452 g/mol. The predicted molar refractivity (Wildman–Crippen MR) is 135 cm³/mol. The Balaban J connectivity index is 1.32. The second-order valence-electron chi connectivity index (χ2n) is 8.90. The lowest BCUT2D eigenvalue weighted by molar-refractivity contribution is 0.580. The zero-order valence-electron chi connectivity index (χ0n) is 19.6. The SMILES string of the molecule is Cc1cc(C)n(CCc2nc3c4ccccc4nc(N4CCN(c5ccccc5)CC4)n3n2)n1. The lowest BCUT2D eigenvalue weighted by Crippen LogP contribution is -2.47. The number of hydrogen-bond donors (Lipinski definition) is 0. The molecule has 3 aromatic heterocycles. The number of rotatable bonds is 5. The maximum atomic E-state index is 5.02. The number of para-hydroxylation sites is 2. The van der Waals surface area contributed by atoms with Crippen LogP contribution in [0.15, 0.2) is 60.7 Å².